The van der Waals surface area contributed by atoms with E-state index in [-0.39, 0.29) is 5.56 Å². The molecule has 180 valence electrons. The monoisotopic (exact) mass is 465 g/mol. The van der Waals surface area contributed by atoms with Gasteiger partial charge in [-0.25, -0.2) is 0 Å². The first kappa shape index (κ1) is 22.6. The van der Waals surface area contributed by atoms with Crippen LogP contribution in [0.4, 0.5) is 0 Å². The molecule has 0 saturated carbocycles. The van der Waals surface area contributed by atoms with Gasteiger partial charge in [-0.15, -0.1) is 0 Å². The van der Waals surface area contributed by atoms with Crippen molar-refractivity contribution in [1.29, 1.82) is 0 Å². The SMILES string of the molecule is COc1cnc2c(C)cc(=O)n(CCN3CCC(NCc4cc5c(cn4)OCCO5)CC3)c2c1. The van der Waals surface area contributed by atoms with E-state index in [1.54, 1.807) is 25.6 Å². The number of piperidine rings is 1. The minimum absolute atomic E-state index is 0.00327. The Morgan fingerprint density at radius 3 is 2.65 bits per heavy atom. The first-order valence-electron chi connectivity index (χ1n) is 11.8. The Labute approximate surface area is 198 Å². The number of aromatic nitrogens is 3. The van der Waals surface area contributed by atoms with E-state index in [1.807, 2.05) is 23.6 Å². The Morgan fingerprint density at radius 2 is 1.85 bits per heavy atom. The van der Waals surface area contributed by atoms with Crippen LogP contribution in [-0.2, 0) is 13.1 Å². The minimum Gasteiger partial charge on any atom is -0.495 e. The van der Waals surface area contributed by atoms with Gasteiger partial charge in [0, 0.05) is 43.9 Å². The predicted octanol–water partition coefficient (Wildman–Crippen LogP) is 2.13. The van der Waals surface area contributed by atoms with E-state index in [0.717, 1.165) is 66.3 Å². The van der Waals surface area contributed by atoms with Gasteiger partial charge in [0.05, 0.1) is 36.2 Å². The molecule has 0 spiro atoms. The van der Waals surface area contributed by atoms with Gasteiger partial charge >= 0.3 is 0 Å². The molecule has 0 unspecified atom stereocenters. The molecule has 0 bridgehead atoms. The molecule has 0 amide bonds. The highest BCUT2D eigenvalue weighted by Gasteiger charge is 2.20. The summed E-state index contributed by atoms with van der Waals surface area (Å²) in [6.07, 6.45) is 5.56. The summed E-state index contributed by atoms with van der Waals surface area (Å²) in [5.41, 5.74) is 3.52. The van der Waals surface area contributed by atoms with Crippen LogP contribution < -0.4 is 25.1 Å². The van der Waals surface area contributed by atoms with Crippen LogP contribution in [-0.4, -0.2) is 65.4 Å². The molecule has 2 aliphatic rings. The highest BCUT2D eigenvalue weighted by atomic mass is 16.6. The van der Waals surface area contributed by atoms with Crippen LogP contribution in [0.5, 0.6) is 17.2 Å². The average molecular weight is 466 g/mol. The predicted molar refractivity (Wildman–Crippen MR) is 129 cm³/mol. The summed E-state index contributed by atoms with van der Waals surface area (Å²) >= 11 is 0. The highest BCUT2D eigenvalue weighted by Crippen LogP contribution is 2.29. The molecule has 1 fully saturated rings. The van der Waals surface area contributed by atoms with Crippen molar-refractivity contribution in [3.63, 3.8) is 0 Å². The number of aryl methyl sites for hydroxylation is 1. The normalized spacial score (nSPS) is 16.6. The summed E-state index contributed by atoms with van der Waals surface area (Å²) in [6.45, 7) is 7.22. The van der Waals surface area contributed by atoms with Crippen molar-refractivity contribution in [2.24, 2.45) is 0 Å². The van der Waals surface area contributed by atoms with Crippen molar-refractivity contribution >= 4 is 11.0 Å². The molecule has 0 aliphatic carbocycles. The number of likely N-dealkylation sites (tertiary alicyclic amines) is 1. The first-order valence-corrected chi connectivity index (χ1v) is 11.8. The number of nitrogens with one attached hydrogen (secondary N) is 1. The molecule has 1 saturated heterocycles. The topological polar surface area (TPSA) is 90.7 Å². The van der Waals surface area contributed by atoms with Crippen molar-refractivity contribution in [2.45, 2.75) is 38.9 Å². The molecule has 5 heterocycles. The Morgan fingerprint density at radius 1 is 1.06 bits per heavy atom. The third-order valence-electron chi connectivity index (χ3n) is 6.63. The van der Waals surface area contributed by atoms with Crippen molar-refractivity contribution < 1.29 is 14.2 Å². The van der Waals surface area contributed by atoms with E-state index in [0.29, 0.717) is 38.1 Å². The van der Waals surface area contributed by atoms with Crippen molar-refractivity contribution in [1.82, 2.24) is 24.8 Å². The van der Waals surface area contributed by atoms with Crippen molar-refractivity contribution in [3.8, 4) is 17.2 Å². The van der Waals surface area contributed by atoms with Gasteiger partial charge in [-0.1, -0.05) is 0 Å². The summed E-state index contributed by atoms with van der Waals surface area (Å²) < 4.78 is 18.3. The Bertz CT molecular complexity index is 1220. The number of methoxy groups -OCH3 is 1. The lowest BCUT2D eigenvalue weighted by Crippen LogP contribution is -2.43. The summed E-state index contributed by atoms with van der Waals surface area (Å²) in [7, 11) is 1.61. The van der Waals surface area contributed by atoms with Crippen LogP contribution in [0.3, 0.4) is 0 Å². The van der Waals surface area contributed by atoms with Crippen LogP contribution in [0, 0.1) is 6.92 Å². The van der Waals surface area contributed by atoms with Gasteiger partial charge in [0.25, 0.3) is 5.56 Å². The molecule has 2 aliphatic heterocycles. The zero-order chi connectivity index (χ0) is 23.5. The smallest absolute Gasteiger partial charge is 0.251 e. The number of hydrogen-bond donors (Lipinski definition) is 1. The van der Waals surface area contributed by atoms with Gasteiger partial charge in [-0.05, 0) is 38.4 Å². The van der Waals surface area contributed by atoms with E-state index in [2.05, 4.69) is 20.2 Å². The number of pyridine rings is 3. The van der Waals surface area contributed by atoms with Crippen LogP contribution in [0.1, 0.15) is 24.1 Å². The summed E-state index contributed by atoms with van der Waals surface area (Å²) in [6, 6.07) is 5.98. The summed E-state index contributed by atoms with van der Waals surface area (Å²) in [5, 5.41) is 3.63. The molecule has 0 atom stereocenters. The van der Waals surface area contributed by atoms with Crippen LogP contribution in [0.25, 0.3) is 11.0 Å². The van der Waals surface area contributed by atoms with Gasteiger partial charge in [0.2, 0.25) is 0 Å². The fourth-order valence-corrected chi connectivity index (χ4v) is 4.67. The summed E-state index contributed by atoms with van der Waals surface area (Å²) in [4.78, 5) is 24.1. The highest BCUT2D eigenvalue weighted by molar-refractivity contribution is 5.79. The number of fused-ring (bicyclic) bond motifs is 2. The van der Waals surface area contributed by atoms with Gasteiger partial charge < -0.3 is 29.0 Å². The molecule has 3 aromatic rings. The van der Waals surface area contributed by atoms with E-state index in [1.165, 1.54) is 0 Å². The zero-order valence-electron chi connectivity index (χ0n) is 19.7. The summed E-state index contributed by atoms with van der Waals surface area (Å²) in [5.74, 6) is 2.16. The van der Waals surface area contributed by atoms with Gasteiger partial charge in [-0.3, -0.25) is 14.8 Å². The molecular formula is C25H31N5O4. The maximum atomic E-state index is 12.7. The van der Waals surface area contributed by atoms with Gasteiger partial charge in [0.15, 0.2) is 11.5 Å². The maximum Gasteiger partial charge on any atom is 0.251 e. The standard InChI is InChI=1S/C25H31N5O4/c1-17-11-24(31)30(21-13-20(32-2)15-28-25(17)21)8-7-29-5-3-18(4-6-29)26-14-19-12-22-23(16-27-19)34-10-9-33-22/h11-13,15-16,18,26H,3-10,14H2,1-2H3. The molecule has 1 N–H and O–H groups in total. The Kier molecular flexibility index (Phi) is 6.64. The largest absolute Gasteiger partial charge is 0.495 e. The zero-order valence-corrected chi connectivity index (χ0v) is 19.7. The van der Waals surface area contributed by atoms with E-state index in [4.69, 9.17) is 14.2 Å². The van der Waals surface area contributed by atoms with Crippen molar-refractivity contribution in [2.75, 3.05) is 40.0 Å². The molecule has 5 rings (SSSR count). The molecule has 3 aromatic heterocycles. The van der Waals surface area contributed by atoms with E-state index >= 15 is 0 Å². The Hall–Kier alpha value is -3.17. The number of hydrogen-bond acceptors (Lipinski definition) is 8. The van der Waals surface area contributed by atoms with E-state index < -0.39 is 0 Å². The van der Waals surface area contributed by atoms with Gasteiger partial charge in [0.1, 0.15) is 19.0 Å². The first-order chi connectivity index (χ1) is 16.6. The molecule has 0 aromatic carbocycles. The molecule has 9 nitrogen and oxygen atoms in total. The fraction of sp³-hybridized carbons (Fsp3) is 0.480. The number of ether oxygens (including phenoxy) is 3. The van der Waals surface area contributed by atoms with Crippen LogP contribution >= 0.6 is 0 Å². The van der Waals surface area contributed by atoms with Crippen LogP contribution in [0.2, 0.25) is 0 Å². The lowest BCUT2D eigenvalue weighted by molar-refractivity contribution is 0.170. The lowest BCUT2D eigenvalue weighted by Gasteiger charge is -2.32. The van der Waals surface area contributed by atoms with E-state index in [9.17, 15) is 4.79 Å². The third kappa shape index (κ3) is 4.85. The molecule has 34 heavy (non-hydrogen) atoms. The molecular weight excluding hydrogens is 434 g/mol. The Balaban J connectivity index is 1.15. The van der Waals surface area contributed by atoms with Gasteiger partial charge in [-0.2, -0.15) is 0 Å². The second-order valence-electron chi connectivity index (χ2n) is 8.88. The fourth-order valence-electron chi connectivity index (χ4n) is 4.67. The molecule has 0 radical (unpaired) electrons. The second-order valence-corrected chi connectivity index (χ2v) is 8.88. The number of rotatable bonds is 7. The minimum atomic E-state index is 0.00327. The van der Waals surface area contributed by atoms with Crippen molar-refractivity contribution in [3.05, 3.63) is 52.2 Å². The third-order valence-corrected chi connectivity index (χ3v) is 6.63. The quantitative estimate of drug-likeness (QED) is 0.568. The second kappa shape index (κ2) is 9.99. The molecule has 9 heteroatoms. The van der Waals surface area contributed by atoms with Crippen LogP contribution in [0.15, 0.2) is 35.4 Å². The average Bonchev–Trinajstić information content (AvgIpc) is 2.87. The lowest BCUT2D eigenvalue weighted by atomic mass is 10.0. The number of nitrogens with zero attached hydrogens (tertiary/aromatic N) is 4. The maximum absolute atomic E-state index is 12.7.